The van der Waals surface area contributed by atoms with Crippen molar-refractivity contribution >= 4 is 44.0 Å². The molecule has 0 fully saturated rings. The number of amides is 1. The molecule has 128 valence electrons. The van der Waals surface area contributed by atoms with Gasteiger partial charge >= 0.3 is 0 Å². The third-order valence-corrected chi connectivity index (χ3v) is 4.48. The van der Waals surface area contributed by atoms with Gasteiger partial charge in [-0.1, -0.05) is 35.6 Å². The molecule has 2 aromatic carbocycles. The molecule has 1 heterocycles. The van der Waals surface area contributed by atoms with Crippen LogP contribution < -0.4 is 5.32 Å². The van der Waals surface area contributed by atoms with Gasteiger partial charge in [0.15, 0.2) is 10.8 Å². The monoisotopic (exact) mass is 370 g/mol. The topological polar surface area (TPSA) is 106 Å². The summed E-state index contributed by atoms with van der Waals surface area (Å²) in [6, 6.07) is 15.4. The Bertz CT molecular complexity index is 1170. The van der Waals surface area contributed by atoms with E-state index in [4.69, 9.17) is 17.1 Å². The highest BCUT2D eigenvalue weighted by atomic mass is 32.1. The molecule has 3 rings (SSSR count). The van der Waals surface area contributed by atoms with Crippen LogP contribution in [0, 0.1) is 29.2 Å². The lowest BCUT2D eigenvalue weighted by atomic mass is 10.2. The second kappa shape index (κ2) is 7.88. The number of thiazole rings is 1. The number of fused-ring (bicyclic) bond motifs is 1. The molecule has 0 aliphatic heterocycles. The van der Waals surface area contributed by atoms with E-state index < -0.39 is 0 Å². The third-order valence-electron chi connectivity index (χ3n) is 3.54. The number of aromatic nitrogens is 1. The molecule has 0 spiro atoms. The van der Waals surface area contributed by atoms with Crippen molar-refractivity contribution in [1.29, 1.82) is 10.5 Å². The molecule has 0 atom stereocenters. The highest BCUT2D eigenvalue weighted by Crippen LogP contribution is 2.27. The normalized spacial score (nSPS) is 9.67. The molecule has 0 saturated carbocycles. The van der Waals surface area contributed by atoms with Gasteiger partial charge in [-0.2, -0.15) is 10.5 Å². The molecule has 27 heavy (non-hydrogen) atoms. The van der Waals surface area contributed by atoms with E-state index >= 15 is 0 Å². The third kappa shape index (κ3) is 4.13. The van der Waals surface area contributed by atoms with Gasteiger partial charge in [0.25, 0.3) is 5.91 Å². The van der Waals surface area contributed by atoms with Crippen LogP contribution in [0.1, 0.15) is 15.9 Å². The number of anilines is 1. The molecular weight excluding hydrogens is 360 g/mol. The van der Waals surface area contributed by atoms with Crippen LogP contribution in [0.4, 0.5) is 10.8 Å². The molecule has 7 nitrogen and oxygen atoms in total. The number of benzene rings is 2. The summed E-state index contributed by atoms with van der Waals surface area (Å²) in [5.74, 6) is -0.336. The van der Waals surface area contributed by atoms with Gasteiger partial charge in [0.2, 0.25) is 5.71 Å². The standard InChI is InChI=1S/C19H10N6OS/c1-22-14-4-2-3-13(8-14)18(26)25-19-24-16-6-5-12(7-17(16)27-19)11-23-15(9-20)10-21/h2-8H,11H2,(H,24,25,26). The zero-order valence-electron chi connectivity index (χ0n) is 13.8. The predicted octanol–water partition coefficient (Wildman–Crippen LogP) is 4.09. The van der Waals surface area contributed by atoms with Gasteiger partial charge in [-0.25, -0.2) is 9.83 Å². The number of nitrogens with one attached hydrogen (secondary N) is 1. The van der Waals surface area contributed by atoms with Gasteiger partial charge in [-0.15, -0.1) is 0 Å². The molecule has 1 N–H and O–H groups in total. The fourth-order valence-corrected chi connectivity index (χ4v) is 3.20. The van der Waals surface area contributed by atoms with Crippen molar-refractivity contribution in [3.05, 3.63) is 65.0 Å². The van der Waals surface area contributed by atoms with Crippen LogP contribution in [0.3, 0.4) is 0 Å². The second-order valence-electron chi connectivity index (χ2n) is 5.33. The maximum Gasteiger partial charge on any atom is 0.256 e. The predicted molar refractivity (Wildman–Crippen MR) is 103 cm³/mol. The fraction of sp³-hybridized carbons (Fsp3) is 0.0526. The summed E-state index contributed by atoms with van der Waals surface area (Å²) in [7, 11) is 0. The van der Waals surface area contributed by atoms with Crippen LogP contribution in [-0.4, -0.2) is 16.6 Å². The average molecular weight is 370 g/mol. The van der Waals surface area contributed by atoms with Crippen molar-refractivity contribution in [3.63, 3.8) is 0 Å². The zero-order chi connectivity index (χ0) is 19.2. The maximum atomic E-state index is 12.3. The molecule has 0 aliphatic rings. The molecule has 1 amide bonds. The Morgan fingerprint density at radius 2 is 2.07 bits per heavy atom. The Balaban J connectivity index is 1.80. The van der Waals surface area contributed by atoms with Gasteiger partial charge in [0.05, 0.1) is 23.3 Å². The SMILES string of the molecule is [C-]#[N+]c1cccc(C(=O)Nc2nc3ccc(CN=C(C#N)C#N)cc3s2)c1. The van der Waals surface area contributed by atoms with Crippen LogP contribution in [0.15, 0.2) is 47.5 Å². The summed E-state index contributed by atoms with van der Waals surface area (Å²) in [5.41, 5.74) is 2.16. The Kier molecular flexibility index (Phi) is 5.18. The number of nitriles is 2. The van der Waals surface area contributed by atoms with Crippen molar-refractivity contribution in [2.75, 3.05) is 5.32 Å². The number of nitrogens with zero attached hydrogens (tertiary/aromatic N) is 5. The van der Waals surface area contributed by atoms with Crippen LogP contribution in [0.2, 0.25) is 0 Å². The van der Waals surface area contributed by atoms with E-state index in [0.717, 1.165) is 15.8 Å². The number of aliphatic imine (C=N–C) groups is 1. The lowest BCUT2D eigenvalue weighted by Gasteiger charge is -2.01. The molecule has 0 saturated heterocycles. The highest BCUT2D eigenvalue weighted by molar-refractivity contribution is 7.22. The molecule has 0 radical (unpaired) electrons. The Morgan fingerprint density at radius 3 is 2.81 bits per heavy atom. The average Bonchev–Trinajstić information content (AvgIpc) is 3.10. The van der Waals surface area contributed by atoms with E-state index in [1.807, 2.05) is 12.1 Å². The Hall–Kier alpha value is -4.06. The molecule has 8 heteroatoms. The molecule has 0 bridgehead atoms. The van der Waals surface area contributed by atoms with Gasteiger partial charge in [0, 0.05) is 5.56 Å². The molecule has 1 aromatic heterocycles. The number of rotatable bonds is 4. The molecule has 3 aromatic rings. The minimum Gasteiger partial charge on any atom is -0.298 e. The van der Waals surface area contributed by atoms with Crippen molar-refractivity contribution < 1.29 is 4.79 Å². The van der Waals surface area contributed by atoms with Crippen LogP contribution >= 0.6 is 11.3 Å². The quantitative estimate of drug-likeness (QED) is 0.551. The first-order valence-electron chi connectivity index (χ1n) is 7.66. The largest absolute Gasteiger partial charge is 0.298 e. The number of hydrogen-bond acceptors (Lipinski definition) is 6. The molecular formula is C19H10N6OS. The fourth-order valence-electron chi connectivity index (χ4n) is 2.27. The van der Waals surface area contributed by atoms with E-state index in [9.17, 15) is 4.79 Å². The van der Waals surface area contributed by atoms with Crippen molar-refractivity contribution in [1.82, 2.24) is 4.98 Å². The lowest BCUT2D eigenvalue weighted by molar-refractivity contribution is 0.102. The number of carbonyl (C=O) groups is 1. The van der Waals surface area contributed by atoms with E-state index in [1.54, 1.807) is 36.4 Å². The summed E-state index contributed by atoms with van der Waals surface area (Å²) in [4.78, 5) is 24.0. The highest BCUT2D eigenvalue weighted by Gasteiger charge is 2.11. The van der Waals surface area contributed by atoms with Crippen molar-refractivity contribution in [2.45, 2.75) is 6.54 Å². The van der Waals surface area contributed by atoms with E-state index in [0.29, 0.717) is 16.4 Å². The van der Waals surface area contributed by atoms with E-state index in [1.165, 1.54) is 17.4 Å². The Labute approximate surface area is 158 Å². The minimum absolute atomic E-state index is 0.172. The van der Waals surface area contributed by atoms with Gasteiger partial charge in [-0.05, 0) is 23.8 Å². The first-order valence-corrected chi connectivity index (χ1v) is 8.47. The first kappa shape index (κ1) is 17.8. The van der Waals surface area contributed by atoms with Gasteiger partial charge < -0.3 is 0 Å². The number of hydrogen-bond donors (Lipinski definition) is 1. The van der Waals surface area contributed by atoms with Gasteiger partial charge in [0.1, 0.15) is 12.1 Å². The summed E-state index contributed by atoms with van der Waals surface area (Å²) in [6.07, 6.45) is 0. The second-order valence-corrected chi connectivity index (χ2v) is 6.36. The summed E-state index contributed by atoms with van der Waals surface area (Å²) in [5, 5.41) is 20.6. The van der Waals surface area contributed by atoms with Crippen molar-refractivity contribution in [3.8, 4) is 12.1 Å². The van der Waals surface area contributed by atoms with Crippen LogP contribution in [-0.2, 0) is 6.54 Å². The maximum absolute atomic E-state index is 12.3. The molecule has 0 aliphatic carbocycles. The zero-order valence-corrected chi connectivity index (χ0v) is 14.6. The molecule has 0 unspecified atom stereocenters. The Morgan fingerprint density at radius 1 is 1.26 bits per heavy atom. The summed E-state index contributed by atoms with van der Waals surface area (Å²) in [6.45, 7) is 7.24. The number of carbonyl (C=O) groups excluding carboxylic acids is 1. The van der Waals surface area contributed by atoms with E-state index in [2.05, 4.69) is 20.1 Å². The van der Waals surface area contributed by atoms with E-state index in [-0.39, 0.29) is 18.2 Å². The first-order chi connectivity index (χ1) is 13.1. The van der Waals surface area contributed by atoms with Crippen molar-refractivity contribution in [2.24, 2.45) is 4.99 Å². The summed E-state index contributed by atoms with van der Waals surface area (Å²) >= 11 is 1.31. The van der Waals surface area contributed by atoms with Crippen LogP contribution in [0.25, 0.3) is 15.1 Å². The summed E-state index contributed by atoms with van der Waals surface area (Å²) < 4.78 is 0.850. The minimum atomic E-state index is -0.336. The lowest BCUT2D eigenvalue weighted by Crippen LogP contribution is -2.11. The van der Waals surface area contributed by atoms with Gasteiger partial charge in [-0.3, -0.25) is 15.1 Å². The smallest absolute Gasteiger partial charge is 0.256 e. The van der Waals surface area contributed by atoms with Crippen LogP contribution in [0.5, 0.6) is 0 Å².